The van der Waals surface area contributed by atoms with Crippen molar-refractivity contribution in [3.63, 3.8) is 0 Å². The van der Waals surface area contributed by atoms with E-state index in [1.165, 1.54) is 29.2 Å². The summed E-state index contributed by atoms with van der Waals surface area (Å²) in [6.07, 6.45) is 1.11. The lowest BCUT2D eigenvalue weighted by molar-refractivity contribution is 0.0767. The predicted octanol–water partition coefficient (Wildman–Crippen LogP) is 0.154. The molecule has 0 aromatic heterocycles. The van der Waals surface area contributed by atoms with Gasteiger partial charge < -0.3 is 10.0 Å². The molecule has 0 bridgehead atoms. The summed E-state index contributed by atoms with van der Waals surface area (Å²) in [6.45, 7) is 0.135. The van der Waals surface area contributed by atoms with Crippen LogP contribution in [0.2, 0.25) is 0 Å². The molecule has 0 saturated heterocycles. The number of aliphatic hydroxyl groups is 1. The minimum atomic E-state index is -3.24. The fourth-order valence-electron chi connectivity index (χ4n) is 1.32. The smallest absolute Gasteiger partial charge is 0.253 e. The highest BCUT2D eigenvalue weighted by Gasteiger charge is 2.12. The summed E-state index contributed by atoms with van der Waals surface area (Å²) in [4.78, 5) is 13.3. The first-order chi connectivity index (χ1) is 7.86. The van der Waals surface area contributed by atoms with E-state index < -0.39 is 9.84 Å². The number of benzene rings is 1. The van der Waals surface area contributed by atoms with Crippen LogP contribution in [0.25, 0.3) is 0 Å². The van der Waals surface area contributed by atoms with Gasteiger partial charge in [0, 0.05) is 25.4 Å². The first kappa shape index (κ1) is 13.7. The summed E-state index contributed by atoms with van der Waals surface area (Å²) >= 11 is 0. The van der Waals surface area contributed by atoms with Crippen molar-refractivity contribution >= 4 is 15.7 Å². The van der Waals surface area contributed by atoms with Crippen LogP contribution in [-0.2, 0) is 9.84 Å². The molecule has 0 aliphatic rings. The van der Waals surface area contributed by atoms with Gasteiger partial charge in [-0.15, -0.1) is 0 Å². The maximum atomic E-state index is 11.8. The lowest BCUT2D eigenvalue weighted by Crippen LogP contribution is -2.29. The Hall–Kier alpha value is -1.40. The lowest BCUT2D eigenvalue weighted by Gasteiger charge is -2.15. The number of aliphatic hydroxyl groups excluding tert-OH is 1. The van der Waals surface area contributed by atoms with Crippen LogP contribution < -0.4 is 0 Å². The maximum Gasteiger partial charge on any atom is 0.253 e. The third kappa shape index (κ3) is 3.54. The average molecular weight is 257 g/mol. The summed E-state index contributed by atoms with van der Waals surface area (Å²) in [7, 11) is -1.67. The fraction of sp³-hybridized carbons (Fsp3) is 0.364. The molecule has 1 N–H and O–H groups in total. The highest BCUT2D eigenvalue weighted by atomic mass is 32.2. The average Bonchev–Trinajstić information content (AvgIpc) is 2.27. The Morgan fingerprint density at radius 3 is 2.24 bits per heavy atom. The molecule has 0 fully saturated rings. The van der Waals surface area contributed by atoms with Crippen LogP contribution in [0.1, 0.15) is 10.4 Å². The lowest BCUT2D eigenvalue weighted by atomic mass is 10.2. The number of rotatable bonds is 4. The Bertz CT molecular complexity index is 493. The standard InChI is InChI=1S/C11H15NO4S/c1-12(7-8-13)11(14)9-3-5-10(6-4-9)17(2,15)16/h3-6,13H,7-8H2,1-2H3. The molecule has 0 spiro atoms. The van der Waals surface area contributed by atoms with Gasteiger partial charge >= 0.3 is 0 Å². The molecule has 1 aromatic carbocycles. The molecule has 0 aliphatic heterocycles. The van der Waals surface area contributed by atoms with Gasteiger partial charge in [-0.1, -0.05) is 0 Å². The van der Waals surface area contributed by atoms with Gasteiger partial charge in [0.25, 0.3) is 5.91 Å². The Morgan fingerprint density at radius 2 is 1.82 bits per heavy atom. The molecule has 0 unspecified atom stereocenters. The predicted molar refractivity (Wildman–Crippen MR) is 63.6 cm³/mol. The van der Waals surface area contributed by atoms with E-state index in [-0.39, 0.29) is 24.0 Å². The summed E-state index contributed by atoms with van der Waals surface area (Å²) in [6, 6.07) is 5.73. The molecular weight excluding hydrogens is 242 g/mol. The second-order valence-electron chi connectivity index (χ2n) is 3.75. The van der Waals surface area contributed by atoms with Gasteiger partial charge in [-0.2, -0.15) is 0 Å². The van der Waals surface area contributed by atoms with Crippen molar-refractivity contribution in [3.05, 3.63) is 29.8 Å². The number of hydrogen-bond donors (Lipinski definition) is 1. The molecule has 6 heteroatoms. The number of carbonyl (C=O) groups excluding carboxylic acids is 1. The zero-order chi connectivity index (χ0) is 13.1. The van der Waals surface area contributed by atoms with Crippen LogP contribution in [0.3, 0.4) is 0 Å². The molecule has 5 nitrogen and oxygen atoms in total. The van der Waals surface area contributed by atoms with Crippen molar-refractivity contribution in [2.24, 2.45) is 0 Å². The third-order valence-corrected chi connectivity index (χ3v) is 3.44. The largest absolute Gasteiger partial charge is 0.395 e. The van der Waals surface area contributed by atoms with Crippen LogP contribution in [0, 0.1) is 0 Å². The van der Waals surface area contributed by atoms with E-state index in [4.69, 9.17) is 5.11 Å². The van der Waals surface area contributed by atoms with Gasteiger partial charge in [0.15, 0.2) is 9.84 Å². The van der Waals surface area contributed by atoms with Crippen molar-refractivity contribution < 1.29 is 18.3 Å². The number of likely N-dealkylation sites (N-methyl/N-ethyl adjacent to an activating group) is 1. The topological polar surface area (TPSA) is 74.7 Å². The van der Waals surface area contributed by atoms with Crippen molar-refractivity contribution in [3.8, 4) is 0 Å². The molecular formula is C11H15NO4S. The fourth-order valence-corrected chi connectivity index (χ4v) is 1.95. The van der Waals surface area contributed by atoms with Crippen LogP contribution in [0.4, 0.5) is 0 Å². The third-order valence-electron chi connectivity index (χ3n) is 2.31. The SMILES string of the molecule is CN(CCO)C(=O)c1ccc(S(C)(=O)=O)cc1. The molecule has 94 valence electrons. The van der Waals surface area contributed by atoms with Gasteiger partial charge in [-0.05, 0) is 24.3 Å². The molecule has 0 radical (unpaired) electrons. The summed E-state index contributed by atoms with van der Waals surface area (Å²) in [5.41, 5.74) is 0.397. The van der Waals surface area contributed by atoms with Crippen molar-refractivity contribution in [1.82, 2.24) is 4.90 Å². The normalized spacial score (nSPS) is 11.2. The number of sulfone groups is 1. The van der Waals surface area contributed by atoms with Crippen LogP contribution in [0.5, 0.6) is 0 Å². The van der Waals surface area contributed by atoms with E-state index in [0.29, 0.717) is 5.56 Å². The van der Waals surface area contributed by atoms with E-state index in [2.05, 4.69) is 0 Å². The van der Waals surface area contributed by atoms with Crippen molar-refractivity contribution in [1.29, 1.82) is 0 Å². The quantitative estimate of drug-likeness (QED) is 0.833. The first-order valence-corrected chi connectivity index (χ1v) is 6.92. The molecule has 0 aliphatic carbocycles. The number of carbonyl (C=O) groups is 1. The molecule has 1 amide bonds. The highest BCUT2D eigenvalue weighted by molar-refractivity contribution is 7.90. The summed E-state index contributed by atoms with van der Waals surface area (Å²) < 4.78 is 22.4. The second kappa shape index (κ2) is 5.29. The van der Waals surface area contributed by atoms with Gasteiger partial charge in [-0.3, -0.25) is 4.79 Å². The molecule has 0 heterocycles. The number of amides is 1. The summed E-state index contributed by atoms with van der Waals surface area (Å²) in [5, 5.41) is 8.71. The van der Waals surface area contributed by atoms with Crippen LogP contribution in [-0.4, -0.2) is 50.8 Å². The van der Waals surface area contributed by atoms with Crippen molar-refractivity contribution in [2.75, 3.05) is 26.5 Å². The van der Waals surface area contributed by atoms with E-state index in [0.717, 1.165) is 6.26 Å². The van der Waals surface area contributed by atoms with Gasteiger partial charge in [-0.25, -0.2) is 8.42 Å². The zero-order valence-electron chi connectivity index (χ0n) is 9.75. The molecule has 17 heavy (non-hydrogen) atoms. The van der Waals surface area contributed by atoms with Crippen LogP contribution in [0.15, 0.2) is 29.2 Å². The minimum Gasteiger partial charge on any atom is -0.395 e. The number of nitrogens with zero attached hydrogens (tertiary/aromatic N) is 1. The summed E-state index contributed by atoms with van der Waals surface area (Å²) in [5.74, 6) is -0.251. The van der Waals surface area contributed by atoms with E-state index in [9.17, 15) is 13.2 Å². The minimum absolute atomic E-state index is 0.107. The Kier molecular flexibility index (Phi) is 4.25. The molecule has 1 aromatic rings. The van der Waals surface area contributed by atoms with E-state index in [1.54, 1.807) is 7.05 Å². The Morgan fingerprint density at radius 1 is 1.29 bits per heavy atom. The van der Waals surface area contributed by atoms with Gasteiger partial charge in [0.05, 0.1) is 11.5 Å². The van der Waals surface area contributed by atoms with Crippen molar-refractivity contribution in [2.45, 2.75) is 4.90 Å². The molecule has 0 atom stereocenters. The Balaban J connectivity index is 2.92. The maximum absolute atomic E-state index is 11.8. The highest BCUT2D eigenvalue weighted by Crippen LogP contribution is 2.11. The van der Waals surface area contributed by atoms with Crippen LogP contribution >= 0.6 is 0 Å². The molecule has 1 rings (SSSR count). The van der Waals surface area contributed by atoms with E-state index >= 15 is 0 Å². The zero-order valence-corrected chi connectivity index (χ0v) is 10.6. The van der Waals surface area contributed by atoms with E-state index in [1.807, 2.05) is 0 Å². The van der Waals surface area contributed by atoms with Gasteiger partial charge in [0.1, 0.15) is 0 Å². The second-order valence-corrected chi connectivity index (χ2v) is 5.76. The monoisotopic (exact) mass is 257 g/mol. The van der Waals surface area contributed by atoms with Gasteiger partial charge in [0.2, 0.25) is 0 Å². The first-order valence-electron chi connectivity index (χ1n) is 5.02. The molecule has 0 saturated carbocycles. The Labute approximate surface area is 101 Å². The number of hydrogen-bond acceptors (Lipinski definition) is 4.